The molecule has 0 bridgehead atoms. The van der Waals surface area contributed by atoms with Gasteiger partial charge in [0.05, 0.1) is 19.3 Å². The quantitative estimate of drug-likeness (QED) is 0.278. The lowest BCUT2D eigenvalue weighted by molar-refractivity contribution is -0.124. The van der Waals surface area contributed by atoms with Gasteiger partial charge >= 0.3 is 0 Å². The molecule has 0 radical (unpaired) electrons. The van der Waals surface area contributed by atoms with Crippen LogP contribution in [0, 0.1) is 0 Å². The van der Waals surface area contributed by atoms with Crippen LogP contribution in [0.25, 0.3) is 0 Å². The molecule has 0 saturated carbocycles. The van der Waals surface area contributed by atoms with Crippen molar-refractivity contribution in [1.29, 1.82) is 0 Å². The van der Waals surface area contributed by atoms with E-state index in [1.807, 2.05) is 0 Å². The predicted octanol–water partition coefficient (Wildman–Crippen LogP) is -3.44. The van der Waals surface area contributed by atoms with Gasteiger partial charge in [0, 0.05) is 6.92 Å². The van der Waals surface area contributed by atoms with Crippen LogP contribution in [0.5, 0.6) is 0 Å². The summed E-state index contributed by atoms with van der Waals surface area (Å²) in [4.78, 5) is 10.7. The molecule has 0 aromatic rings. The van der Waals surface area contributed by atoms with Crippen molar-refractivity contribution in [2.24, 2.45) is 0 Å². The molecule has 0 aromatic carbocycles. The topological polar surface area (TPSA) is 130 Å². The highest BCUT2D eigenvalue weighted by atomic mass is 16.4. The van der Waals surface area contributed by atoms with E-state index >= 15 is 0 Å². The van der Waals surface area contributed by atoms with Crippen LogP contribution in [0.15, 0.2) is 0 Å². The minimum absolute atomic E-state index is 0.487. The van der Waals surface area contributed by atoms with Crippen LogP contribution in [0.2, 0.25) is 0 Å². The maximum atomic E-state index is 10.7. The summed E-state index contributed by atoms with van der Waals surface area (Å²) in [7, 11) is 0. The number of carbonyl (C=O) groups excluding carboxylic acids is 1. The predicted molar refractivity (Wildman–Crippen MR) is 49.8 cm³/mol. The number of aliphatic hydroxyl groups excluding tert-OH is 5. The van der Waals surface area contributed by atoms with Crippen molar-refractivity contribution in [3.05, 3.63) is 0 Å². The van der Waals surface area contributed by atoms with Crippen LogP contribution in [-0.4, -0.2) is 69.0 Å². The molecule has 1 amide bonds. The van der Waals surface area contributed by atoms with Gasteiger partial charge in [-0.2, -0.15) is 0 Å². The molecule has 0 aliphatic carbocycles. The van der Waals surface area contributed by atoms with Gasteiger partial charge < -0.3 is 30.8 Å². The Kier molecular flexibility index (Phi) is 6.37. The summed E-state index contributed by atoms with van der Waals surface area (Å²) in [5.41, 5.74) is 0. The number of hydrogen-bond donors (Lipinski definition) is 6. The van der Waals surface area contributed by atoms with Crippen LogP contribution in [0.3, 0.4) is 0 Å². The van der Waals surface area contributed by atoms with Crippen molar-refractivity contribution in [1.82, 2.24) is 5.32 Å². The first kappa shape index (κ1) is 14.3. The van der Waals surface area contributed by atoms with E-state index in [0.29, 0.717) is 0 Å². The Bertz CT molecular complexity index is 200. The van der Waals surface area contributed by atoms with E-state index in [2.05, 4.69) is 5.32 Å². The Labute approximate surface area is 87.0 Å². The van der Waals surface area contributed by atoms with Crippen molar-refractivity contribution in [2.45, 2.75) is 31.3 Å². The lowest BCUT2D eigenvalue weighted by Crippen LogP contribution is -2.53. The van der Waals surface area contributed by atoms with Gasteiger partial charge in [0.25, 0.3) is 0 Å². The first-order valence-corrected chi connectivity index (χ1v) is 4.47. The van der Waals surface area contributed by atoms with Gasteiger partial charge in [0.1, 0.15) is 18.3 Å². The van der Waals surface area contributed by atoms with Crippen molar-refractivity contribution >= 4 is 5.91 Å². The summed E-state index contributed by atoms with van der Waals surface area (Å²) in [5.74, 6) is -0.487. The fourth-order valence-corrected chi connectivity index (χ4v) is 1.07. The Balaban J connectivity index is 4.35. The molecule has 0 spiro atoms. The summed E-state index contributed by atoms with van der Waals surface area (Å²) in [6, 6.07) is -1.08. The van der Waals surface area contributed by atoms with Gasteiger partial charge in [-0.15, -0.1) is 0 Å². The van der Waals surface area contributed by atoms with E-state index in [1.54, 1.807) is 0 Å². The highest BCUT2D eigenvalue weighted by Crippen LogP contribution is 2.04. The molecule has 6 N–H and O–H groups in total. The number of hydrogen-bond acceptors (Lipinski definition) is 6. The maximum absolute atomic E-state index is 10.7. The zero-order chi connectivity index (χ0) is 12.0. The van der Waals surface area contributed by atoms with Crippen molar-refractivity contribution < 1.29 is 30.3 Å². The lowest BCUT2D eigenvalue weighted by atomic mass is 10.0. The fraction of sp³-hybridized carbons (Fsp3) is 0.875. The third-order valence-electron chi connectivity index (χ3n) is 1.93. The molecule has 15 heavy (non-hydrogen) atoms. The largest absolute Gasteiger partial charge is 0.394 e. The SMILES string of the molecule is CC(=O)N[C@@H](CO)[C@@H](O)[C@@H](O)[C@H](O)CO. The molecule has 0 aromatic heterocycles. The molecule has 0 fully saturated rings. The minimum Gasteiger partial charge on any atom is -0.394 e. The molecule has 7 heteroatoms. The highest BCUT2D eigenvalue weighted by Gasteiger charge is 2.31. The molecule has 0 rings (SSSR count). The monoisotopic (exact) mass is 223 g/mol. The third-order valence-corrected chi connectivity index (χ3v) is 1.93. The highest BCUT2D eigenvalue weighted by molar-refractivity contribution is 5.73. The third kappa shape index (κ3) is 4.54. The molecular weight excluding hydrogens is 206 g/mol. The fourth-order valence-electron chi connectivity index (χ4n) is 1.07. The van der Waals surface area contributed by atoms with Crippen molar-refractivity contribution in [3.63, 3.8) is 0 Å². The molecule has 0 heterocycles. The average molecular weight is 223 g/mol. The zero-order valence-electron chi connectivity index (χ0n) is 8.37. The van der Waals surface area contributed by atoms with Gasteiger partial charge in [-0.1, -0.05) is 0 Å². The number of aliphatic hydroxyl groups is 5. The number of carbonyl (C=O) groups is 1. The van der Waals surface area contributed by atoms with Crippen molar-refractivity contribution in [2.75, 3.05) is 13.2 Å². The van der Waals surface area contributed by atoms with Crippen LogP contribution in [0.1, 0.15) is 6.92 Å². The van der Waals surface area contributed by atoms with Gasteiger partial charge in [-0.25, -0.2) is 0 Å². The van der Waals surface area contributed by atoms with Gasteiger partial charge in [0.2, 0.25) is 5.91 Å². The van der Waals surface area contributed by atoms with E-state index < -0.39 is 43.5 Å². The Morgan fingerprint density at radius 3 is 2.00 bits per heavy atom. The summed E-state index contributed by atoms with van der Waals surface area (Å²) >= 11 is 0. The summed E-state index contributed by atoms with van der Waals surface area (Å²) < 4.78 is 0. The van der Waals surface area contributed by atoms with E-state index in [0.717, 1.165) is 0 Å². The summed E-state index contributed by atoms with van der Waals surface area (Å²) in [5, 5.41) is 47.3. The molecule has 4 atom stereocenters. The molecule has 0 unspecified atom stereocenters. The van der Waals surface area contributed by atoms with E-state index in [1.165, 1.54) is 6.92 Å². The molecule has 90 valence electrons. The molecule has 0 aliphatic rings. The van der Waals surface area contributed by atoms with E-state index in [-0.39, 0.29) is 0 Å². The minimum atomic E-state index is -1.64. The first-order chi connectivity index (χ1) is 6.93. The summed E-state index contributed by atoms with van der Waals surface area (Å²) in [6.07, 6.45) is -4.72. The second-order valence-electron chi connectivity index (χ2n) is 3.22. The second kappa shape index (κ2) is 6.70. The maximum Gasteiger partial charge on any atom is 0.217 e. The smallest absolute Gasteiger partial charge is 0.217 e. The Morgan fingerprint density at radius 1 is 1.13 bits per heavy atom. The Morgan fingerprint density at radius 2 is 1.67 bits per heavy atom. The van der Waals surface area contributed by atoms with Gasteiger partial charge in [0.15, 0.2) is 0 Å². The van der Waals surface area contributed by atoms with Crippen LogP contribution >= 0.6 is 0 Å². The lowest BCUT2D eigenvalue weighted by Gasteiger charge is -2.27. The normalized spacial score (nSPS) is 19.1. The van der Waals surface area contributed by atoms with E-state index in [4.69, 9.17) is 15.3 Å². The molecular formula is C8H17NO6. The average Bonchev–Trinajstić information content (AvgIpc) is 2.22. The summed E-state index contributed by atoms with van der Waals surface area (Å²) in [6.45, 7) is -0.128. The molecule has 0 saturated heterocycles. The van der Waals surface area contributed by atoms with Crippen LogP contribution in [-0.2, 0) is 4.79 Å². The van der Waals surface area contributed by atoms with Crippen LogP contribution in [0.4, 0.5) is 0 Å². The molecule has 0 aliphatic heterocycles. The number of nitrogens with one attached hydrogen (secondary N) is 1. The molecule has 7 nitrogen and oxygen atoms in total. The van der Waals surface area contributed by atoms with Gasteiger partial charge in [-0.05, 0) is 0 Å². The Hall–Kier alpha value is -0.730. The van der Waals surface area contributed by atoms with Gasteiger partial charge in [-0.3, -0.25) is 4.79 Å². The standard InChI is InChI=1S/C8H17NO6/c1-4(12)9-5(2-10)7(14)8(15)6(13)3-11/h5-8,10-11,13-15H,2-3H2,1H3,(H,9,12)/t5-,6+,7+,8-/m0/s1. The van der Waals surface area contributed by atoms with E-state index in [9.17, 15) is 15.0 Å². The van der Waals surface area contributed by atoms with Crippen molar-refractivity contribution in [3.8, 4) is 0 Å². The second-order valence-corrected chi connectivity index (χ2v) is 3.22. The zero-order valence-corrected chi connectivity index (χ0v) is 8.37. The first-order valence-electron chi connectivity index (χ1n) is 4.47. The number of rotatable bonds is 6. The number of amides is 1. The van der Waals surface area contributed by atoms with Crippen LogP contribution < -0.4 is 5.32 Å².